The molecule has 8 heteroatoms. The lowest BCUT2D eigenvalue weighted by Gasteiger charge is -2.21. The number of fused-ring (bicyclic) bond motifs is 1. The topological polar surface area (TPSA) is 83.4 Å². The molecule has 1 N–H and O–H groups in total. The van der Waals surface area contributed by atoms with Crippen LogP contribution in [-0.4, -0.2) is 36.9 Å². The number of aromatic nitrogens is 4. The lowest BCUT2D eigenvalue weighted by atomic mass is 10.2. The maximum absolute atomic E-state index is 12.8. The van der Waals surface area contributed by atoms with Gasteiger partial charge >= 0.3 is 0 Å². The van der Waals surface area contributed by atoms with Crippen molar-refractivity contribution < 1.29 is 4.79 Å². The first-order chi connectivity index (χ1) is 11.6. The van der Waals surface area contributed by atoms with E-state index in [4.69, 9.17) is 11.6 Å². The van der Waals surface area contributed by atoms with E-state index in [0.717, 1.165) is 10.1 Å². The third kappa shape index (κ3) is 2.93. The van der Waals surface area contributed by atoms with Gasteiger partial charge in [0.25, 0.3) is 17.2 Å². The Morgan fingerprint density at radius 1 is 1.38 bits per heavy atom. The minimum atomic E-state index is -0.504. The number of amides is 1. The maximum Gasteiger partial charge on any atom is 0.286 e. The number of hydrogen-bond donors (Lipinski definition) is 1. The van der Waals surface area contributed by atoms with Crippen molar-refractivity contribution >= 4 is 23.3 Å². The lowest BCUT2D eigenvalue weighted by Crippen LogP contribution is -2.36. The summed E-state index contributed by atoms with van der Waals surface area (Å²) in [6.07, 6.45) is 4.17. The molecule has 0 radical (unpaired) electrons. The number of aromatic amines is 1. The van der Waals surface area contributed by atoms with E-state index in [1.807, 2.05) is 18.2 Å². The number of rotatable bonds is 5. The molecule has 1 amide bonds. The number of benzene rings is 1. The third-order valence-electron chi connectivity index (χ3n) is 3.50. The molecule has 122 valence electrons. The van der Waals surface area contributed by atoms with Crippen molar-refractivity contribution in [2.45, 2.75) is 6.54 Å². The molecule has 0 saturated carbocycles. The van der Waals surface area contributed by atoms with Gasteiger partial charge in [-0.2, -0.15) is 4.52 Å². The molecule has 3 rings (SSSR count). The molecular formula is C16H14ClN5O2. The summed E-state index contributed by atoms with van der Waals surface area (Å²) in [5, 5.41) is 3.19. The standard InChI is InChI=1S/C16H14ClN5O2/c1-2-7-21(9-11-5-3-4-6-13(11)17)14(23)12-8-18-16-19-10-20-22(16)15(12)24/h2-6,8,10H,1,7,9H2,(H,18,19,20). The van der Waals surface area contributed by atoms with Crippen molar-refractivity contribution in [1.29, 1.82) is 0 Å². The minimum absolute atomic E-state index is 0.0503. The second-order valence-corrected chi connectivity index (χ2v) is 5.47. The van der Waals surface area contributed by atoms with Gasteiger partial charge < -0.3 is 4.90 Å². The summed E-state index contributed by atoms with van der Waals surface area (Å²) in [7, 11) is 0. The maximum atomic E-state index is 12.8. The first-order valence-electron chi connectivity index (χ1n) is 7.16. The summed E-state index contributed by atoms with van der Waals surface area (Å²) in [4.78, 5) is 34.6. The average molecular weight is 344 g/mol. The fourth-order valence-electron chi connectivity index (χ4n) is 2.32. The molecule has 0 aliphatic heterocycles. The molecule has 0 fully saturated rings. The summed E-state index contributed by atoms with van der Waals surface area (Å²) in [5.74, 6) is -0.241. The summed E-state index contributed by atoms with van der Waals surface area (Å²) in [5.41, 5.74) is 0.228. The summed E-state index contributed by atoms with van der Waals surface area (Å²) in [6, 6.07) is 7.23. The second-order valence-electron chi connectivity index (χ2n) is 5.07. The van der Waals surface area contributed by atoms with Crippen LogP contribution in [-0.2, 0) is 6.54 Å². The van der Waals surface area contributed by atoms with Crippen LogP contribution in [0.25, 0.3) is 5.78 Å². The first kappa shape index (κ1) is 15.9. The normalized spacial score (nSPS) is 10.7. The van der Waals surface area contributed by atoms with Crippen LogP contribution < -0.4 is 5.56 Å². The Bertz CT molecular complexity index is 962. The van der Waals surface area contributed by atoms with Gasteiger partial charge in [-0.25, -0.2) is 9.97 Å². The van der Waals surface area contributed by atoms with Gasteiger partial charge in [-0.05, 0) is 11.6 Å². The number of H-pyrrole nitrogens is 1. The SMILES string of the molecule is C=CCN(Cc1ccccc1Cl)C(=O)c1cnc2nc[nH]n2c1=O. The molecule has 3 aromatic rings. The summed E-state index contributed by atoms with van der Waals surface area (Å²) >= 11 is 6.16. The molecule has 0 aliphatic rings. The zero-order valence-corrected chi connectivity index (χ0v) is 13.4. The number of nitrogens with zero attached hydrogens (tertiary/aromatic N) is 4. The molecular weight excluding hydrogens is 330 g/mol. The predicted octanol–water partition coefficient (Wildman–Crippen LogP) is 1.90. The van der Waals surface area contributed by atoms with E-state index in [1.54, 1.807) is 12.1 Å². The zero-order valence-electron chi connectivity index (χ0n) is 12.6. The summed E-state index contributed by atoms with van der Waals surface area (Å²) < 4.78 is 1.12. The van der Waals surface area contributed by atoms with E-state index in [9.17, 15) is 9.59 Å². The van der Waals surface area contributed by atoms with Crippen molar-refractivity contribution in [2.75, 3.05) is 6.54 Å². The van der Waals surface area contributed by atoms with Gasteiger partial charge in [-0.3, -0.25) is 14.7 Å². The van der Waals surface area contributed by atoms with Gasteiger partial charge in [0, 0.05) is 24.3 Å². The largest absolute Gasteiger partial charge is 0.330 e. The molecule has 7 nitrogen and oxygen atoms in total. The van der Waals surface area contributed by atoms with Crippen LogP contribution in [0.4, 0.5) is 0 Å². The third-order valence-corrected chi connectivity index (χ3v) is 3.86. The van der Waals surface area contributed by atoms with Gasteiger partial charge in [-0.1, -0.05) is 35.9 Å². The van der Waals surface area contributed by atoms with Crippen molar-refractivity contribution in [3.8, 4) is 0 Å². The molecule has 2 aromatic heterocycles. The number of hydrogen-bond acceptors (Lipinski definition) is 4. The monoisotopic (exact) mass is 343 g/mol. The molecule has 24 heavy (non-hydrogen) atoms. The zero-order chi connectivity index (χ0) is 17.1. The first-order valence-corrected chi connectivity index (χ1v) is 7.54. The van der Waals surface area contributed by atoms with Crippen LogP contribution in [0, 0.1) is 0 Å². The highest BCUT2D eigenvalue weighted by Crippen LogP contribution is 2.17. The Morgan fingerprint density at radius 2 is 2.17 bits per heavy atom. The smallest absolute Gasteiger partial charge is 0.286 e. The van der Waals surface area contributed by atoms with E-state index in [2.05, 4.69) is 21.6 Å². The summed E-state index contributed by atoms with van der Waals surface area (Å²) in [6.45, 7) is 4.20. The molecule has 0 atom stereocenters. The van der Waals surface area contributed by atoms with Crippen molar-refractivity contribution in [3.05, 3.63) is 75.9 Å². The van der Waals surface area contributed by atoms with E-state index >= 15 is 0 Å². The van der Waals surface area contributed by atoms with E-state index in [1.165, 1.54) is 17.4 Å². The van der Waals surface area contributed by atoms with Crippen molar-refractivity contribution in [2.24, 2.45) is 0 Å². The Labute approximate surface area is 142 Å². The Kier molecular flexibility index (Phi) is 4.43. The predicted molar refractivity (Wildman–Crippen MR) is 90.0 cm³/mol. The van der Waals surface area contributed by atoms with E-state index in [0.29, 0.717) is 5.02 Å². The van der Waals surface area contributed by atoms with Gasteiger partial charge in [0.1, 0.15) is 11.9 Å². The Morgan fingerprint density at radius 3 is 2.92 bits per heavy atom. The molecule has 2 heterocycles. The van der Waals surface area contributed by atoms with Crippen LogP contribution in [0.15, 0.2) is 54.2 Å². The highest BCUT2D eigenvalue weighted by molar-refractivity contribution is 6.31. The van der Waals surface area contributed by atoms with Crippen LogP contribution in [0.1, 0.15) is 15.9 Å². The number of nitrogens with one attached hydrogen (secondary N) is 1. The molecule has 1 aromatic carbocycles. The van der Waals surface area contributed by atoms with Gasteiger partial charge in [0.05, 0.1) is 0 Å². The number of carbonyl (C=O) groups is 1. The lowest BCUT2D eigenvalue weighted by molar-refractivity contribution is 0.0760. The molecule has 0 unspecified atom stereocenters. The van der Waals surface area contributed by atoms with E-state index < -0.39 is 11.5 Å². The second kappa shape index (κ2) is 6.67. The van der Waals surface area contributed by atoms with E-state index in [-0.39, 0.29) is 24.4 Å². The highest BCUT2D eigenvalue weighted by atomic mass is 35.5. The quantitative estimate of drug-likeness (QED) is 0.717. The van der Waals surface area contributed by atoms with Crippen molar-refractivity contribution in [3.63, 3.8) is 0 Å². The van der Waals surface area contributed by atoms with Gasteiger partial charge in [-0.15, -0.1) is 6.58 Å². The average Bonchev–Trinajstić information content (AvgIpc) is 3.06. The highest BCUT2D eigenvalue weighted by Gasteiger charge is 2.21. The molecule has 0 aliphatic carbocycles. The van der Waals surface area contributed by atoms with Gasteiger partial charge in [0.2, 0.25) is 0 Å². The molecule has 0 bridgehead atoms. The minimum Gasteiger partial charge on any atom is -0.330 e. The van der Waals surface area contributed by atoms with Crippen LogP contribution in [0.5, 0.6) is 0 Å². The number of carbonyl (C=O) groups excluding carboxylic acids is 1. The molecule has 0 spiro atoms. The number of halogens is 1. The van der Waals surface area contributed by atoms with Crippen molar-refractivity contribution in [1.82, 2.24) is 24.5 Å². The Hall–Kier alpha value is -2.93. The van der Waals surface area contributed by atoms with Crippen LogP contribution >= 0.6 is 11.6 Å². The fourth-order valence-corrected chi connectivity index (χ4v) is 2.52. The fraction of sp³-hybridized carbons (Fsp3) is 0.125. The Balaban J connectivity index is 1.96. The molecule has 0 saturated heterocycles. The van der Waals surface area contributed by atoms with Crippen LogP contribution in [0.3, 0.4) is 0 Å². The van der Waals surface area contributed by atoms with Gasteiger partial charge in [0.15, 0.2) is 0 Å². The van der Waals surface area contributed by atoms with Crippen LogP contribution in [0.2, 0.25) is 5.02 Å².